The molecular weight excluding hydrogens is 358 g/mol. The van der Waals surface area contributed by atoms with E-state index < -0.39 is 0 Å². The quantitative estimate of drug-likeness (QED) is 0.706. The number of methoxy groups -OCH3 is 1. The molecule has 28 heavy (non-hydrogen) atoms. The fourth-order valence-electron chi connectivity index (χ4n) is 3.27. The van der Waals surface area contributed by atoms with Gasteiger partial charge in [-0.25, -0.2) is 4.98 Å². The van der Waals surface area contributed by atoms with Crippen LogP contribution in [0.25, 0.3) is 22.3 Å². The summed E-state index contributed by atoms with van der Waals surface area (Å²) in [6, 6.07) is 12.8. The molecule has 7 nitrogen and oxygen atoms in total. The summed E-state index contributed by atoms with van der Waals surface area (Å²) in [5, 5.41) is 0.571. The van der Waals surface area contributed by atoms with Crippen LogP contribution in [0, 0.1) is 0 Å². The van der Waals surface area contributed by atoms with Crippen LogP contribution in [0.15, 0.2) is 47.3 Å². The molecule has 2 aromatic carbocycles. The van der Waals surface area contributed by atoms with Gasteiger partial charge in [0.25, 0.3) is 5.56 Å². The Morgan fingerprint density at radius 1 is 1.14 bits per heavy atom. The molecule has 0 aliphatic carbocycles. The minimum absolute atomic E-state index is 0.161. The van der Waals surface area contributed by atoms with Gasteiger partial charge in [-0.15, -0.1) is 0 Å². The third-order valence-corrected chi connectivity index (χ3v) is 4.82. The molecule has 1 aliphatic rings. The third-order valence-electron chi connectivity index (χ3n) is 4.82. The smallest absolute Gasteiger partial charge is 0.259 e. The van der Waals surface area contributed by atoms with Crippen LogP contribution >= 0.6 is 0 Å². The maximum atomic E-state index is 12.4. The van der Waals surface area contributed by atoms with Gasteiger partial charge in [-0.3, -0.25) is 9.69 Å². The molecule has 1 aromatic heterocycles. The Hall–Kier alpha value is -2.90. The lowest BCUT2D eigenvalue weighted by molar-refractivity contribution is 0.0321. The van der Waals surface area contributed by atoms with E-state index in [2.05, 4.69) is 14.9 Å². The summed E-state index contributed by atoms with van der Waals surface area (Å²) in [5.41, 5.74) is 1.27. The molecule has 0 amide bonds. The van der Waals surface area contributed by atoms with Gasteiger partial charge in [0.15, 0.2) is 11.5 Å². The largest absolute Gasteiger partial charge is 0.493 e. The fraction of sp³-hybridized carbons (Fsp3) is 0.333. The molecular formula is C21H23N3O4. The van der Waals surface area contributed by atoms with E-state index in [1.807, 2.05) is 36.4 Å². The molecule has 0 bridgehead atoms. The van der Waals surface area contributed by atoms with Gasteiger partial charge in [0, 0.05) is 25.2 Å². The summed E-state index contributed by atoms with van der Waals surface area (Å²) in [6.07, 6.45) is 0. The first-order valence-corrected chi connectivity index (χ1v) is 9.35. The number of rotatable bonds is 6. The highest BCUT2D eigenvalue weighted by atomic mass is 16.5. The minimum atomic E-state index is -0.161. The first-order valence-electron chi connectivity index (χ1n) is 9.35. The van der Waals surface area contributed by atoms with E-state index in [0.29, 0.717) is 34.8 Å². The SMILES string of the molecule is COc1ccc(-c2nc3ccccc3c(=O)[nH]2)cc1OCCN1CCOCC1. The molecule has 7 heteroatoms. The summed E-state index contributed by atoms with van der Waals surface area (Å²) in [4.78, 5) is 22.1. The Morgan fingerprint density at radius 3 is 2.79 bits per heavy atom. The van der Waals surface area contributed by atoms with Crippen LogP contribution in [0.1, 0.15) is 0 Å². The molecule has 1 N–H and O–H groups in total. The van der Waals surface area contributed by atoms with Crippen LogP contribution in [0.4, 0.5) is 0 Å². The second-order valence-electron chi connectivity index (χ2n) is 6.60. The molecule has 1 saturated heterocycles. The van der Waals surface area contributed by atoms with Crippen molar-refractivity contribution in [2.75, 3.05) is 46.6 Å². The van der Waals surface area contributed by atoms with E-state index in [0.717, 1.165) is 38.4 Å². The van der Waals surface area contributed by atoms with Gasteiger partial charge in [0.05, 0.1) is 31.2 Å². The number of nitrogens with one attached hydrogen (secondary N) is 1. The first-order chi connectivity index (χ1) is 13.7. The molecule has 0 unspecified atom stereocenters. The van der Waals surface area contributed by atoms with E-state index in [9.17, 15) is 4.79 Å². The second kappa shape index (κ2) is 8.41. The maximum Gasteiger partial charge on any atom is 0.259 e. The van der Waals surface area contributed by atoms with Gasteiger partial charge in [-0.1, -0.05) is 12.1 Å². The predicted octanol–water partition coefficient (Wildman–Crippen LogP) is 2.31. The Balaban J connectivity index is 1.57. The zero-order chi connectivity index (χ0) is 19.3. The van der Waals surface area contributed by atoms with Gasteiger partial charge in [-0.05, 0) is 30.3 Å². The van der Waals surface area contributed by atoms with Crippen molar-refractivity contribution >= 4 is 10.9 Å². The highest BCUT2D eigenvalue weighted by Crippen LogP contribution is 2.31. The van der Waals surface area contributed by atoms with Crippen LogP contribution in [0.5, 0.6) is 11.5 Å². The Morgan fingerprint density at radius 2 is 1.96 bits per heavy atom. The molecule has 1 fully saturated rings. The molecule has 1 aliphatic heterocycles. The van der Waals surface area contributed by atoms with Crippen molar-refractivity contribution in [3.05, 3.63) is 52.8 Å². The van der Waals surface area contributed by atoms with Crippen LogP contribution in [-0.4, -0.2) is 61.4 Å². The van der Waals surface area contributed by atoms with E-state index in [4.69, 9.17) is 14.2 Å². The van der Waals surface area contributed by atoms with Crippen LogP contribution in [0.3, 0.4) is 0 Å². The highest BCUT2D eigenvalue weighted by molar-refractivity contribution is 5.79. The van der Waals surface area contributed by atoms with E-state index in [1.54, 1.807) is 13.2 Å². The Bertz CT molecular complexity index is 1010. The molecule has 2 heterocycles. The zero-order valence-electron chi connectivity index (χ0n) is 15.8. The van der Waals surface area contributed by atoms with E-state index in [-0.39, 0.29) is 5.56 Å². The number of nitrogens with zero attached hydrogens (tertiary/aromatic N) is 2. The number of fused-ring (bicyclic) bond motifs is 1. The number of morpholine rings is 1. The number of aromatic amines is 1. The predicted molar refractivity (Wildman–Crippen MR) is 107 cm³/mol. The Labute approximate surface area is 162 Å². The molecule has 3 aromatic rings. The number of H-pyrrole nitrogens is 1. The lowest BCUT2D eigenvalue weighted by Crippen LogP contribution is -2.38. The number of ether oxygens (including phenoxy) is 3. The molecule has 0 atom stereocenters. The first kappa shape index (κ1) is 18.5. The monoisotopic (exact) mass is 381 g/mol. The van der Waals surface area contributed by atoms with Gasteiger partial charge >= 0.3 is 0 Å². The zero-order valence-corrected chi connectivity index (χ0v) is 15.8. The van der Waals surface area contributed by atoms with E-state index >= 15 is 0 Å². The average Bonchev–Trinajstić information content (AvgIpc) is 2.74. The molecule has 4 rings (SSSR count). The maximum absolute atomic E-state index is 12.4. The summed E-state index contributed by atoms with van der Waals surface area (Å²) < 4.78 is 16.8. The van der Waals surface area contributed by atoms with Crippen molar-refractivity contribution < 1.29 is 14.2 Å². The number of benzene rings is 2. The van der Waals surface area contributed by atoms with Gasteiger partial charge in [-0.2, -0.15) is 0 Å². The number of aromatic nitrogens is 2. The van der Waals surface area contributed by atoms with Gasteiger partial charge in [0.1, 0.15) is 12.4 Å². The van der Waals surface area contributed by atoms with E-state index in [1.165, 1.54) is 0 Å². The molecule has 0 spiro atoms. The summed E-state index contributed by atoms with van der Waals surface area (Å²) in [5.74, 6) is 1.78. The lowest BCUT2D eigenvalue weighted by atomic mass is 10.1. The van der Waals surface area contributed by atoms with Gasteiger partial charge < -0.3 is 19.2 Å². The fourth-order valence-corrected chi connectivity index (χ4v) is 3.27. The lowest BCUT2D eigenvalue weighted by Gasteiger charge is -2.26. The molecule has 0 saturated carbocycles. The summed E-state index contributed by atoms with van der Waals surface area (Å²) in [7, 11) is 1.61. The van der Waals surface area contributed by atoms with Crippen molar-refractivity contribution in [3.8, 4) is 22.9 Å². The topological polar surface area (TPSA) is 76.7 Å². The van der Waals surface area contributed by atoms with Crippen molar-refractivity contribution in [2.45, 2.75) is 0 Å². The summed E-state index contributed by atoms with van der Waals surface area (Å²) in [6.45, 7) is 4.73. The normalized spacial score (nSPS) is 14.9. The molecule has 146 valence electrons. The van der Waals surface area contributed by atoms with Crippen LogP contribution in [0.2, 0.25) is 0 Å². The van der Waals surface area contributed by atoms with Crippen LogP contribution < -0.4 is 15.0 Å². The van der Waals surface area contributed by atoms with Gasteiger partial charge in [0.2, 0.25) is 0 Å². The number of hydrogen-bond donors (Lipinski definition) is 1. The second-order valence-corrected chi connectivity index (χ2v) is 6.60. The molecule has 0 radical (unpaired) electrons. The van der Waals surface area contributed by atoms with Crippen LogP contribution in [-0.2, 0) is 4.74 Å². The average molecular weight is 381 g/mol. The number of hydrogen-bond acceptors (Lipinski definition) is 6. The minimum Gasteiger partial charge on any atom is -0.493 e. The number of para-hydroxylation sites is 1. The summed E-state index contributed by atoms with van der Waals surface area (Å²) >= 11 is 0. The standard InChI is InChI=1S/C21H23N3O4/c1-26-18-7-6-15(14-19(18)28-13-10-24-8-11-27-12-9-24)20-22-17-5-3-2-4-16(17)21(25)23-20/h2-7,14H,8-13H2,1H3,(H,22,23,25). The highest BCUT2D eigenvalue weighted by Gasteiger charge is 2.13. The third kappa shape index (κ3) is 4.00. The van der Waals surface area contributed by atoms with Crippen molar-refractivity contribution in [1.29, 1.82) is 0 Å². The van der Waals surface area contributed by atoms with Crippen molar-refractivity contribution in [3.63, 3.8) is 0 Å². The Kier molecular flexibility index (Phi) is 5.55. The van der Waals surface area contributed by atoms with Crippen molar-refractivity contribution in [1.82, 2.24) is 14.9 Å². The van der Waals surface area contributed by atoms with Crippen molar-refractivity contribution in [2.24, 2.45) is 0 Å².